The average Bonchev–Trinajstić information content (AvgIpc) is 1.69. The van der Waals surface area contributed by atoms with E-state index in [2.05, 4.69) is 41.0 Å². The number of alkyl carbamates (subject to hydrolysis) is 3. The molecule has 3 aromatic heterocycles. The van der Waals surface area contributed by atoms with Gasteiger partial charge >= 0.3 is 79.7 Å². The molecule has 13 rings (SSSR count). The topological polar surface area (TPSA) is 342 Å². The van der Waals surface area contributed by atoms with E-state index in [1.54, 1.807) is 89.3 Å². The van der Waals surface area contributed by atoms with Gasteiger partial charge in [-0.3, -0.25) is 14.7 Å². The fourth-order valence-corrected chi connectivity index (χ4v) is 15.5. The summed E-state index contributed by atoms with van der Waals surface area (Å²) in [5.41, 5.74) is 1.47. The maximum Gasteiger partial charge on any atom is 1.00 e. The first-order chi connectivity index (χ1) is 51.9. The summed E-state index contributed by atoms with van der Waals surface area (Å²) in [4.78, 5) is 43.7. The van der Waals surface area contributed by atoms with Crippen molar-refractivity contribution in [3.63, 3.8) is 0 Å². The van der Waals surface area contributed by atoms with Crippen LogP contribution < -0.4 is 76.5 Å². The number of nitrogens with zero attached hydrogens (tertiary/aromatic N) is 8. The van der Waals surface area contributed by atoms with E-state index in [-0.39, 0.29) is 106 Å². The van der Waals surface area contributed by atoms with Crippen LogP contribution in [0.4, 0.5) is 40.7 Å². The number of aromatic amines is 1. The number of rotatable bonds is 12. The van der Waals surface area contributed by atoms with Gasteiger partial charge in [-0.15, -0.1) is 5.60 Å². The molecule has 4 N–H and O–H groups in total. The second kappa shape index (κ2) is 37.6. The molecule has 4 fully saturated rings. The van der Waals surface area contributed by atoms with Crippen LogP contribution in [0.1, 0.15) is 184 Å². The molecule has 0 aliphatic carbocycles. The first-order valence-corrected chi connectivity index (χ1v) is 42.0. The van der Waals surface area contributed by atoms with Crippen molar-refractivity contribution in [1.82, 2.24) is 54.1 Å². The molecule has 6 aromatic rings. The minimum atomic E-state index is -3.48. The van der Waals surface area contributed by atoms with E-state index in [9.17, 15) is 71.1 Å². The van der Waals surface area contributed by atoms with Crippen LogP contribution in [-0.2, 0) is 102 Å². The first kappa shape index (κ1) is 92.4. The van der Waals surface area contributed by atoms with Gasteiger partial charge in [-0.1, -0.05) is 20.8 Å². The van der Waals surface area contributed by atoms with Crippen molar-refractivity contribution in [3.8, 4) is 0 Å². The van der Waals surface area contributed by atoms with Gasteiger partial charge < -0.3 is 54.2 Å². The molecule has 7 aliphatic rings. The van der Waals surface area contributed by atoms with Crippen molar-refractivity contribution >= 4 is 48.3 Å². The van der Waals surface area contributed by atoms with Crippen molar-refractivity contribution in [3.05, 3.63) is 159 Å². The van der Waals surface area contributed by atoms with E-state index in [4.69, 9.17) is 33.2 Å². The molecule has 620 valence electrons. The molecule has 3 aromatic carbocycles. The quantitative estimate of drug-likeness (QED) is 0.0509. The van der Waals surface area contributed by atoms with Gasteiger partial charge in [0.15, 0.2) is 0 Å². The Bertz CT molecular complexity index is 4440. The van der Waals surface area contributed by atoms with Crippen LogP contribution >= 0.6 is 0 Å². The van der Waals surface area contributed by atoms with Gasteiger partial charge in [-0.05, 0) is 149 Å². The maximum absolute atomic E-state index is 14.6. The smallest absolute Gasteiger partial charge is 0.850 e. The van der Waals surface area contributed by atoms with E-state index < -0.39 is 142 Å². The SMILES string of the molecule is C1CCOC1.CC(C)(C)OC(=O)N[C@H]1C[C@@H](N2Cc3c[nH][n+](S(C)(=O)=O)c3C2)COC1c1cc(F)ccc1F.CC(C)(C)OC(=O)N[C@H]1C[C@@H](N2Cc3cn(S(C)(=O)=O)nc3C2)COC1c1cc(F)ccc1F.CC(C)(C)OC(=O)N[C@H]1C[C@@H](N2Cc3cn(S(C)(=O)=O)nc3C2)COC1c1cc(F)ccc1F.CC(C)(C)[O-].[K+]. The summed E-state index contributed by atoms with van der Waals surface area (Å²) in [6, 6.07) is 6.77. The molecule has 3 unspecified atom stereocenters. The number of amides is 3. The zero-order chi connectivity index (χ0) is 82.5. The number of benzene rings is 3. The third-order valence-corrected chi connectivity index (χ3v) is 21.0. The summed E-state index contributed by atoms with van der Waals surface area (Å²) in [5, 5.41) is 29.5. The number of ether oxygens (including phenoxy) is 7. The molecule has 10 heterocycles. The van der Waals surface area contributed by atoms with Crippen molar-refractivity contribution in [2.45, 2.75) is 231 Å². The Morgan fingerprint density at radius 3 is 1.09 bits per heavy atom. The molecule has 39 heteroatoms. The average molecular weight is 1680 g/mol. The number of nitrogens with one attached hydrogen (secondary N) is 4. The number of aromatic nitrogens is 6. The Balaban J connectivity index is 0.000000198. The minimum Gasteiger partial charge on any atom is -0.850 e. The van der Waals surface area contributed by atoms with Gasteiger partial charge in [0.05, 0.1) is 80.2 Å². The van der Waals surface area contributed by atoms with Crippen molar-refractivity contribution in [2.24, 2.45) is 0 Å². The normalized spacial score (nSPS) is 22.8. The number of carbonyl (C=O) groups is 3. The van der Waals surface area contributed by atoms with Crippen molar-refractivity contribution < 1.29 is 160 Å². The van der Waals surface area contributed by atoms with Gasteiger partial charge in [0.2, 0.25) is 5.69 Å². The molecule has 7 aliphatic heterocycles. The Morgan fingerprint density at radius 2 is 0.814 bits per heavy atom. The van der Waals surface area contributed by atoms with Crippen LogP contribution in [0.5, 0.6) is 0 Å². The molecule has 113 heavy (non-hydrogen) atoms. The predicted octanol–water partition coefficient (Wildman–Crippen LogP) is 5.49. The van der Waals surface area contributed by atoms with E-state index in [1.165, 1.54) is 25.2 Å². The molecular weight excluding hydrogens is 1580 g/mol. The summed E-state index contributed by atoms with van der Waals surface area (Å²) in [6.45, 7) is 25.6. The number of halogens is 6. The summed E-state index contributed by atoms with van der Waals surface area (Å²) < 4.78 is 198. The zero-order valence-electron chi connectivity index (χ0n) is 66.4. The van der Waals surface area contributed by atoms with E-state index in [0.717, 1.165) is 116 Å². The number of fused-ring (bicyclic) bond motifs is 3. The van der Waals surface area contributed by atoms with E-state index in [0.29, 0.717) is 75.6 Å². The Hall–Kier alpha value is -6.15. The van der Waals surface area contributed by atoms with Crippen LogP contribution in [0.15, 0.2) is 73.2 Å². The van der Waals surface area contributed by atoms with Crippen LogP contribution in [0, 0.1) is 34.9 Å². The minimum absolute atomic E-state index is 0. The second-order valence-electron chi connectivity index (χ2n) is 32.6. The third-order valence-electron chi connectivity index (χ3n) is 18.2. The molecule has 3 amide bonds. The summed E-state index contributed by atoms with van der Waals surface area (Å²) >= 11 is 0. The number of H-pyrrole nitrogens is 1. The van der Waals surface area contributed by atoms with Crippen LogP contribution in [0.2, 0.25) is 0 Å². The maximum atomic E-state index is 14.6. The molecule has 0 saturated carbocycles. The van der Waals surface area contributed by atoms with Gasteiger partial charge in [0.1, 0.15) is 76.3 Å². The molecule has 0 spiro atoms. The Morgan fingerprint density at radius 1 is 0.504 bits per heavy atom. The number of carbonyl (C=O) groups excluding carboxylic acids is 3. The van der Waals surface area contributed by atoms with Gasteiger partial charge in [-0.2, -0.15) is 31.9 Å². The fourth-order valence-electron chi connectivity index (χ4n) is 13.5. The fraction of sp³-hybridized carbons (Fsp3) is 0.595. The molecule has 0 bridgehead atoms. The van der Waals surface area contributed by atoms with Gasteiger partial charge in [-0.25, -0.2) is 57.6 Å². The molecule has 4 saturated heterocycles. The first-order valence-electron chi connectivity index (χ1n) is 36.5. The third kappa shape index (κ3) is 26.7. The Labute approximate surface area is 698 Å². The molecular formula is C74H102F6KN12O17S3+. The molecule has 29 nitrogen and oxygen atoms in total. The summed E-state index contributed by atoms with van der Waals surface area (Å²) in [7, 11) is -10.4. The van der Waals surface area contributed by atoms with Crippen LogP contribution in [0.3, 0.4) is 0 Å². The van der Waals surface area contributed by atoms with Crippen LogP contribution in [-0.4, -0.2) is 192 Å². The number of hydrogen-bond acceptors (Lipinski definition) is 22. The summed E-state index contributed by atoms with van der Waals surface area (Å²) in [6.07, 6.45) is 6.85. The van der Waals surface area contributed by atoms with Crippen molar-refractivity contribution in [1.29, 1.82) is 0 Å². The van der Waals surface area contributed by atoms with E-state index in [1.807, 2.05) is 4.90 Å². The van der Waals surface area contributed by atoms with Gasteiger partial charge in [0.25, 0.3) is 20.0 Å². The summed E-state index contributed by atoms with van der Waals surface area (Å²) in [5.74, 6) is -3.71. The standard InChI is InChI=1S/3C22H28F2N4O5S.C4H8O.C4H9O.K/c2*1-22(2,3)33-21(29)25-18-8-15(12-32-20(18)16-7-14(23)5-6-17(16)24)27-9-13-10-28(34(4,30)31)26-19(13)11-27;1-22(2,3)33-21(29)26-18-8-15(12-32-20(18)16-7-14(23)5-6-17(16)24)27-10-13-9-25-28(19(13)11-27)34(4,30)31;1-2-4-5-3-1;1-4(2,3)5;/h2*5-7,10,15,18,20H,8-9,11-12H2,1-4H3,(H,25,29);5-7,9,15,18,20H,8,10-12H2,1-4H3,(H,26,29);1-4H2;1-3H3;/q;;;;-1;+1/p+1/t3*15-,18+,20?;;;/m111.../s1. The largest absolute Gasteiger partial charge is 1.00 e. The van der Waals surface area contributed by atoms with Crippen molar-refractivity contribution in [2.75, 3.05) is 51.8 Å². The predicted molar refractivity (Wildman–Crippen MR) is 394 cm³/mol. The number of hydrogen-bond donors (Lipinski definition) is 4. The molecule has 0 radical (unpaired) electrons. The van der Waals surface area contributed by atoms with Gasteiger partial charge in [0, 0.05) is 108 Å². The molecule has 9 atom stereocenters. The second-order valence-corrected chi connectivity index (χ2v) is 38.1. The Kier molecular flexibility index (Phi) is 30.8. The zero-order valence-corrected chi connectivity index (χ0v) is 72.0. The monoisotopic (exact) mass is 1680 g/mol. The van der Waals surface area contributed by atoms with Crippen LogP contribution in [0.25, 0.3) is 0 Å². The van der Waals surface area contributed by atoms with E-state index >= 15 is 0 Å².